The molecule has 6 nitrogen and oxygen atoms in total. The summed E-state index contributed by atoms with van der Waals surface area (Å²) in [5, 5.41) is 12.0. The van der Waals surface area contributed by atoms with Crippen LogP contribution in [0.2, 0.25) is 10.2 Å². The monoisotopic (exact) mass is 328 g/mol. The lowest BCUT2D eigenvalue weighted by Crippen LogP contribution is -2.15. The first-order chi connectivity index (χ1) is 9.92. The van der Waals surface area contributed by atoms with Crippen molar-refractivity contribution in [3.05, 3.63) is 45.7 Å². The van der Waals surface area contributed by atoms with Crippen LogP contribution >= 0.6 is 23.2 Å². The molecule has 3 N–H and O–H groups in total. The van der Waals surface area contributed by atoms with Crippen molar-refractivity contribution in [1.29, 1.82) is 0 Å². The van der Waals surface area contributed by atoms with E-state index >= 15 is 0 Å². The van der Waals surface area contributed by atoms with Gasteiger partial charge in [0.2, 0.25) is 0 Å². The lowest BCUT2D eigenvalue weighted by molar-refractivity contribution is 0.0697. The number of carboxylic acid groups (broad SMARTS) is 1. The van der Waals surface area contributed by atoms with E-state index in [1.807, 2.05) is 0 Å². The van der Waals surface area contributed by atoms with E-state index in [-0.39, 0.29) is 27.1 Å². The Morgan fingerprint density at radius 1 is 1.29 bits per heavy atom. The molecule has 1 heterocycles. The van der Waals surface area contributed by atoms with E-state index in [1.54, 1.807) is 0 Å². The summed E-state index contributed by atoms with van der Waals surface area (Å²) in [5.41, 5.74) is 0.166. The molecule has 2 rings (SSSR count). The number of methoxy groups -OCH3 is 1. The van der Waals surface area contributed by atoms with E-state index in [2.05, 4.69) is 10.3 Å². The highest BCUT2D eigenvalue weighted by Crippen LogP contribution is 2.25. The number of ether oxygens (including phenoxy) is 1. The van der Waals surface area contributed by atoms with Crippen molar-refractivity contribution >= 4 is 40.8 Å². The maximum atomic E-state index is 12.0. The van der Waals surface area contributed by atoms with Gasteiger partial charge in [-0.25, -0.2) is 4.79 Å². The summed E-state index contributed by atoms with van der Waals surface area (Å²) in [7, 11) is 1.42. The number of aromatic nitrogens is 1. The Balaban J connectivity index is 2.30. The standard InChI is InChI=1S/C13H10Cl2N2O4/c1-21-6-2-3-9(7(4-6)13(19)20)17-12(18)10-5-8(14)11(15)16-10/h2-5,16H,1H3,(H,17,18)(H,19,20). The molecule has 0 aliphatic carbocycles. The smallest absolute Gasteiger partial charge is 0.337 e. The third-order valence-electron chi connectivity index (χ3n) is 2.68. The molecule has 110 valence electrons. The molecule has 0 saturated carbocycles. The van der Waals surface area contributed by atoms with E-state index in [1.165, 1.54) is 31.4 Å². The fourth-order valence-corrected chi connectivity index (χ4v) is 1.97. The van der Waals surface area contributed by atoms with E-state index in [4.69, 9.17) is 33.0 Å². The third kappa shape index (κ3) is 3.29. The van der Waals surface area contributed by atoms with Crippen LogP contribution in [0.3, 0.4) is 0 Å². The Morgan fingerprint density at radius 2 is 2.00 bits per heavy atom. The minimum absolute atomic E-state index is 0.0912. The second-order valence-corrected chi connectivity index (χ2v) is 4.80. The van der Waals surface area contributed by atoms with Crippen LogP contribution in [0, 0.1) is 0 Å². The van der Waals surface area contributed by atoms with Crippen LogP contribution in [0.25, 0.3) is 0 Å². The third-order valence-corrected chi connectivity index (χ3v) is 3.37. The van der Waals surface area contributed by atoms with E-state index < -0.39 is 11.9 Å². The van der Waals surface area contributed by atoms with Crippen LogP contribution in [-0.2, 0) is 0 Å². The number of aromatic amines is 1. The molecule has 0 aliphatic rings. The van der Waals surface area contributed by atoms with Crippen LogP contribution in [0.4, 0.5) is 5.69 Å². The van der Waals surface area contributed by atoms with Crippen LogP contribution < -0.4 is 10.1 Å². The minimum Gasteiger partial charge on any atom is -0.497 e. The molecule has 1 aromatic heterocycles. The van der Waals surface area contributed by atoms with Crippen LogP contribution in [-0.4, -0.2) is 29.1 Å². The minimum atomic E-state index is -1.19. The number of H-pyrrole nitrogens is 1. The van der Waals surface area contributed by atoms with E-state index in [9.17, 15) is 9.59 Å². The van der Waals surface area contributed by atoms with Gasteiger partial charge in [0, 0.05) is 0 Å². The highest BCUT2D eigenvalue weighted by Gasteiger charge is 2.16. The zero-order valence-corrected chi connectivity index (χ0v) is 12.2. The zero-order valence-electron chi connectivity index (χ0n) is 10.7. The van der Waals surface area contributed by atoms with Crippen molar-refractivity contribution in [2.24, 2.45) is 0 Å². The first-order valence-corrected chi connectivity index (χ1v) is 6.44. The molecule has 21 heavy (non-hydrogen) atoms. The lowest BCUT2D eigenvalue weighted by Gasteiger charge is -2.09. The van der Waals surface area contributed by atoms with Crippen molar-refractivity contribution in [2.75, 3.05) is 12.4 Å². The van der Waals surface area contributed by atoms with Gasteiger partial charge in [-0.1, -0.05) is 23.2 Å². The molecule has 0 unspecified atom stereocenters. The largest absolute Gasteiger partial charge is 0.497 e. The van der Waals surface area contributed by atoms with Gasteiger partial charge in [-0.05, 0) is 24.3 Å². The van der Waals surface area contributed by atoms with Crippen molar-refractivity contribution in [3.63, 3.8) is 0 Å². The summed E-state index contributed by atoms with van der Waals surface area (Å²) < 4.78 is 4.95. The van der Waals surface area contributed by atoms with Gasteiger partial charge in [0.05, 0.1) is 23.4 Å². The van der Waals surface area contributed by atoms with Gasteiger partial charge in [0.15, 0.2) is 0 Å². The summed E-state index contributed by atoms with van der Waals surface area (Å²) in [6, 6.07) is 5.64. The SMILES string of the molecule is COc1ccc(NC(=O)c2cc(Cl)c(Cl)[nH]2)c(C(=O)O)c1. The highest BCUT2D eigenvalue weighted by atomic mass is 35.5. The van der Waals surface area contributed by atoms with Crippen molar-refractivity contribution in [2.45, 2.75) is 0 Å². The summed E-state index contributed by atoms with van der Waals surface area (Å²) in [6.45, 7) is 0. The maximum absolute atomic E-state index is 12.0. The number of amides is 1. The molecule has 0 spiro atoms. The summed E-state index contributed by atoms with van der Waals surface area (Å²) in [4.78, 5) is 25.8. The van der Waals surface area contributed by atoms with Crippen LogP contribution in [0.1, 0.15) is 20.8 Å². The number of anilines is 1. The molecule has 0 radical (unpaired) electrons. The topological polar surface area (TPSA) is 91.4 Å². The molecule has 1 amide bonds. The molecule has 0 bridgehead atoms. The second-order valence-electron chi connectivity index (χ2n) is 4.02. The molecule has 0 aliphatic heterocycles. The number of nitrogens with one attached hydrogen (secondary N) is 2. The van der Waals surface area contributed by atoms with E-state index in [0.717, 1.165) is 0 Å². The summed E-state index contributed by atoms with van der Waals surface area (Å²) in [5.74, 6) is -1.38. The number of carbonyl (C=O) groups is 2. The number of hydrogen-bond donors (Lipinski definition) is 3. The Labute approximate surface area is 129 Å². The van der Waals surface area contributed by atoms with Gasteiger partial charge in [-0.15, -0.1) is 0 Å². The molecule has 8 heteroatoms. The Bertz CT molecular complexity index is 693. The fraction of sp³-hybridized carbons (Fsp3) is 0.0769. The van der Waals surface area contributed by atoms with Gasteiger partial charge >= 0.3 is 5.97 Å². The average molecular weight is 329 g/mol. The quantitative estimate of drug-likeness (QED) is 0.803. The molecule has 0 fully saturated rings. The maximum Gasteiger partial charge on any atom is 0.337 e. The van der Waals surface area contributed by atoms with Crippen molar-refractivity contribution in [3.8, 4) is 5.75 Å². The molecular weight excluding hydrogens is 319 g/mol. The number of aromatic carboxylic acids is 1. The van der Waals surface area contributed by atoms with Gasteiger partial charge < -0.3 is 20.1 Å². The fourth-order valence-electron chi connectivity index (χ4n) is 1.65. The highest BCUT2D eigenvalue weighted by molar-refractivity contribution is 6.41. The van der Waals surface area contributed by atoms with Crippen LogP contribution in [0.15, 0.2) is 24.3 Å². The number of benzene rings is 1. The van der Waals surface area contributed by atoms with Crippen molar-refractivity contribution in [1.82, 2.24) is 4.98 Å². The predicted molar refractivity (Wildman–Crippen MR) is 78.7 cm³/mol. The number of carboxylic acids is 1. The predicted octanol–water partition coefficient (Wildman–Crippen LogP) is 3.28. The first-order valence-electron chi connectivity index (χ1n) is 5.69. The molecular formula is C13H10Cl2N2O4. The second kappa shape index (κ2) is 6.07. The number of hydrogen-bond acceptors (Lipinski definition) is 3. The molecule has 2 aromatic rings. The Morgan fingerprint density at radius 3 is 2.52 bits per heavy atom. The number of rotatable bonds is 4. The summed E-state index contributed by atoms with van der Waals surface area (Å²) in [6.07, 6.45) is 0. The van der Waals surface area contributed by atoms with Crippen LogP contribution in [0.5, 0.6) is 5.75 Å². The number of carbonyl (C=O) groups excluding carboxylic acids is 1. The average Bonchev–Trinajstić information content (AvgIpc) is 2.79. The number of halogens is 2. The summed E-state index contributed by atoms with van der Waals surface area (Å²) >= 11 is 11.5. The molecule has 0 saturated heterocycles. The van der Waals surface area contributed by atoms with Crippen molar-refractivity contribution < 1.29 is 19.4 Å². The molecule has 0 atom stereocenters. The Hall–Kier alpha value is -2.18. The molecule has 1 aromatic carbocycles. The van der Waals surface area contributed by atoms with Gasteiger partial charge in [0.1, 0.15) is 16.6 Å². The van der Waals surface area contributed by atoms with Gasteiger partial charge in [-0.3, -0.25) is 4.79 Å². The lowest BCUT2D eigenvalue weighted by atomic mass is 10.1. The van der Waals surface area contributed by atoms with E-state index in [0.29, 0.717) is 5.75 Å². The first kappa shape index (κ1) is 15.2. The normalized spacial score (nSPS) is 10.2. The van der Waals surface area contributed by atoms with Gasteiger partial charge in [-0.2, -0.15) is 0 Å². The van der Waals surface area contributed by atoms with Gasteiger partial charge in [0.25, 0.3) is 5.91 Å². The Kier molecular flexibility index (Phi) is 4.40. The zero-order chi connectivity index (χ0) is 15.6.